The molecule has 0 bridgehead atoms. The number of rotatable bonds is 7. The molecule has 0 radical (unpaired) electrons. The number of benzene rings is 2. The van der Waals surface area contributed by atoms with Gasteiger partial charge >= 0.3 is 6.18 Å². The summed E-state index contributed by atoms with van der Waals surface area (Å²) in [7, 11) is 0. The standard InChI is InChI=1S/C24H18ClF5N4O3/c1-13(23(36,10-34-12-31-11-32-34)18-7-6-16(26)8-19(18)27)33-22(35)17-9-20(37-21(17)24(28,29)30)14-2-4-15(25)5-3-14/h2-9,11-13,36H,10H2,1H3,(H,33,35). The molecule has 0 spiro atoms. The molecular formula is C24H18ClF5N4O3. The van der Waals surface area contributed by atoms with Gasteiger partial charge in [-0.05, 0) is 43.3 Å². The molecule has 0 saturated heterocycles. The number of carbonyl (C=O) groups excluding carboxylic acids is 1. The molecule has 2 heterocycles. The van der Waals surface area contributed by atoms with E-state index in [0.29, 0.717) is 11.1 Å². The normalized spacial score (nSPS) is 14.3. The van der Waals surface area contributed by atoms with Gasteiger partial charge in [-0.15, -0.1) is 0 Å². The predicted molar refractivity (Wildman–Crippen MR) is 121 cm³/mol. The lowest BCUT2D eigenvalue weighted by atomic mass is 9.86. The maximum Gasteiger partial charge on any atom is 0.450 e. The van der Waals surface area contributed by atoms with Crippen LogP contribution in [0.2, 0.25) is 5.02 Å². The van der Waals surface area contributed by atoms with Gasteiger partial charge in [0.2, 0.25) is 5.76 Å². The Morgan fingerprint density at radius 1 is 1.16 bits per heavy atom. The summed E-state index contributed by atoms with van der Waals surface area (Å²) in [6.45, 7) is 0.787. The number of nitrogens with one attached hydrogen (secondary N) is 1. The number of aliphatic hydroxyl groups is 1. The van der Waals surface area contributed by atoms with Crippen LogP contribution >= 0.6 is 11.6 Å². The molecule has 2 aromatic carbocycles. The Morgan fingerprint density at radius 2 is 1.86 bits per heavy atom. The van der Waals surface area contributed by atoms with Crippen molar-refractivity contribution in [2.24, 2.45) is 0 Å². The summed E-state index contributed by atoms with van der Waals surface area (Å²) in [5.74, 6) is -5.10. The minimum Gasteiger partial charge on any atom is -0.451 e. The largest absolute Gasteiger partial charge is 0.451 e. The van der Waals surface area contributed by atoms with E-state index in [9.17, 15) is 31.9 Å². The van der Waals surface area contributed by atoms with E-state index in [1.807, 2.05) is 0 Å². The van der Waals surface area contributed by atoms with Crippen molar-refractivity contribution in [1.29, 1.82) is 0 Å². The highest BCUT2D eigenvalue weighted by molar-refractivity contribution is 6.30. The Balaban J connectivity index is 1.71. The number of nitrogens with zero attached hydrogens (tertiary/aromatic N) is 3. The predicted octanol–water partition coefficient (Wildman–Crippen LogP) is 5.19. The molecule has 0 aliphatic heterocycles. The van der Waals surface area contributed by atoms with Gasteiger partial charge in [-0.2, -0.15) is 18.3 Å². The topological polar surface area (TPSA) is 93.2 Å². The van der Waals surface area contributed by atoms with Crippen LogP contribution in [-0.2, 0) is 18.3 Å². The molecule has 0 aliphatic carbocycles. The first-order valence-electron chi connectivity index (χ1n) is 10.7. The molecule has 4 rings (SSSR count). The zero-order valence-corrected chi connectivity index (χ0v) is 19.7. The van der Waals surface area contributed by atoms with Crippen molar-refractivity contribution in [2.75, 3.05) is 0 Å². The number of carbonyl (C=O) groups is 1. The molecule has 194 valence electrons. The highest BCUT2D eigenvalue weighted by Gasteiger charge is 2.43. The van der Waals surface area contributed by atoms with Crippen LogP contribution in [0.25, 0.3) is 11.3 Å². The molecule has 2 aromatic heterocycles. The number of hydrogen-bond acceptors (Lipinski definition) is 5. The van der Waals surface area contributed by atoms with Crippen molar-refractivity contribution >= 4 is 17.5 Å². The van der Waals surface area contributed by atoms with Gasteiger partial charge in [-0.25, -0.2) is 18.4 Å². The van der Waals surface area contributed by atoms with Gasteiger partial charge in [-0.3, -0.25) is 4.79 Å². The second kappa shape index (κ2) is 9.94. The van der Waals surface area contributed by atoms with Gasteiger partial charge in [0.15, 0.2) is 0 Å². The first kappa shape index (κ1) is 26.3. The molecule has 2 N–H and O–H groups in total. The van der Waals surface area contributed by atoms with Crippen LogP contribution in [0.3, 0.4) is 0 Å². The van der Waals surface area contributed by atoms with Gasteiger partial charge in [0.05, 0.1) is 18.2 Å². The minimum absolute atomic E-state index is 0.234. The van der Waals surface area contributed by atoms with Gasteiger partial charge < -0.3 is 14.8 Å². The summed E-state index contributed by atoms with van der Waals surface area (Å²) in [6.07, 6.45) is -2.68. The fourth-order valence-electron chi connectivity index (χ4n) is 3.78. The van der Waals surface area contributed by atoms with E-state index in [-0.39, 0.29) is 11.3 Å². The van der Waals surface area contributed by atoms with Crippen molar-refractivity contribution in [3.63, 3.8) is 0 Å². The van der Waals surface area contributed by atoms with Crippen molar-refractivity contribution in [1.82, 2.24) is 20.1 Å². The van der Waals surface area contributed by atoms with Crippen LogP contribution < -0.4 is 5.32 Å². The first-order chi connectivity index (χ1) is 17.4. The Bertz CT molecular complexity index is 1410. The van der Waals surface area contributed by atoms with Crippen LogP contribution in [0.4, 0.5) is 22.0 Å². The Hall–Kier alpha value is -3.77. The molecular weight excluding hydrogens is 523 g/mol. The van der Waals surface area contributed by atoms with E-state index in [0.717, 1.165) is 29.2 Å². The molecule has 2 unspecified atom stereocenters. The molecule has 37 heavy (non-hydrogen) atoms. The van der Waals surface area contributed by atoms with E-state index in [2.05, 4.69) is 15.4 Å². The van der Waals surface area contributed by atoms with Crippen molar-refractivity contribution < 1.29 is 36.3 Å². The van der Waals surface area contributed by atoms with Crippen molar-refractivity contribution in [2.45, 2.75) is 31.3 Å². The van der Waals surface area contributed by atoms with Crippen LogP contribution in [0, 0.1) is 11.6 Å². The van der Waals surface area contributed by atoms with Crippen molar-refractivity contribution in [3.05, 3.63) is 94.7 Å². The average Bonchev–Trinajstić information content (AvgIpc) is 3.49. The number of hydrogen-bond donors (Lipinski definition) is 2. The van der Waals surface area contributed by atoms with Crippen molar-refractivity contribution in [3.8, 4) is 11.3 Å². The minimum atomic E-state index is -5.03. The number of aromatic nitrogens is 3. The third kappa shape index (κ3) is 5.49. The maximum atomic E-state index is 14.7. The quantitative estimate of drug-likeness (QED) is 0.315. The average molecular weight is 541 g/mol. The van der Waals surface area contributed by atoms with Crippen LogP contribution in [0.1, 0.15) is 28.6 Å². The SMILES string of the molecule is CC(NC(=O)c1cc(-c2ccc(Cl)cc2)oc1C(F)(F)F)C(O)(Cn1cncn1)c1ccc(F)cc1F. The fourth-order valence-corrected chi connectivity index (χ4v) is 3.90. The van der Waals surface area contributed by atoms with Crippen LogP contribution in [0.5, 0.6) is 0 Å². The first-order valence-corrected chi connectivity index (χ1v) is 11.0. The Labute approximate surface area is 211 Å². The molecule has 13 heteroatoms. The smallest absolute Gasteiger partial charge is 0.450 e. The van der Waals surface area contributed by atoms with Crippen LogP contribution in [0.15, 0.2) is 65.6 Å². The van der Waals surface area contributed by atoms with E-state index in [4.69, 9.17) is 16.0 Å². The highest BCUT2D eigenvalue weighted by atomic mass is 35.5. The summed E-state index contributed by atoms with van der Waals surface area (Å²) < 4.78 is 75.5. The Morgan fingerprint density at radius 3 is 2.46 bits per heavy atom. The summed E-state index contributed by atoms with van der Waals surface area (Å²) in [6, 6.07) is 7.62. The number of halogens is 6. The number of furan rings is 1. The van der Waals surface area contributed by atoms with E-state index in [1.165, 1.54) is 37.5 Å². The summed E-state index contributed by atoms with van der Waals surface area (Å²) in [5, 5.41) is 18.0. The number of amides is 1. The van der Waals surface area contributed by atoms with Gasteiger partial charge in [0.1, 0.15) is 35.7 Å². The lowest BCUT2D eigenvalue weighted by molar-refractivity contribution is -0.153. The summed E-state index contributed by atoms with van der Waals surface area (Å²) in [4.78, 5) is 16.8. The molecule has 0 aliphatic rings. The molecule has 7 nitrogen and oxygen atoms in total. The van der Waals surface area contributed by atoms with E-state index < -0.39 is 58.8 Å². The number of alkyl halides is 3. The lowest BCUT2D eigenvalue weighted by Gasteiger charge is -2.35. The Kier molecular flexibility index (Phi) is 7.07. The zero-order chi connectivity index (χ0) is 27.0. The fraction of sp³-hybridized carbons (Fsp3) is 0.208. The highest BCUT2D eigenvalue weighted by Crippen LogP contribution is 2.38. The lowest BCUT2D eigenvalue weighted by Crippen LogP contribution is -2.52. The van der Waals surface area contributed by atoms with E-state index in [1.54, 1.807) is 0 Å². The monoisotopic (exact) mass is 540 g/mol. The van der Waals surface area contributed by atoms with E-state index >= 15 is 0 Å². The molecule has 1 amide bonds. The second-order valence-electron chi connectivity index (χ2n) is 8.19. The van der Waals surface area contributed by atoms with Gasteiger partial charge in [0.25, 0.3) is 5.91 Å². The van der Waals surface area contributed by atoms with Gasteiger partial charge in [-0.1, -0.05) is 17.7 Å². The molecule has 4 aromatic rings. The van der Waals surface area contributed by atoms with Crippen LogP contribution in [-0.4, -0.2) is 31.8 Å². The maximum absolute atomic E-state index is 14.7. The summed E-state index contributed by atoms with van der Waals surface area (Å²) >= 11 is 5.82. The molecule has 2 atom stereocenters. The third-order valence-corrected chi connectivity index (χ3v) is 5.95. The second-order valence-corrected chi connectivity index (χ2v) is 8.63. The van der Waals surface area contributed by atoms with Gasteiger partial charge in [0, 0.05) is 22.2 Å². The zero-order valence-electron chi connectivity index (χ0n) is 18.9. The summed E-state index contributed by atoms with van der Waals surface area (Å²) in [5.41, 5.74) is -3.31. The molecule has 0 saturated carbocycles. The molecule has 0 fully saturated rings. The third-order valence-electron chi connectivity index (χ3n) is 5.69.